The SMILES string of the molecule is N#Cc1ccc(CNS(=O)(=O)c2ccc(F)cc2)cc1. The van der Waals surface area contributed by atoms with E-state index in [1.54, 1.807) is 24.3 Å². The Balaban J connectivity index is 2.09. The Bertz CT molecular complexity index is 732. The van der Waals surface area contributed by atoms with Crippen LogP contribution in [0.25, 0.3) is 0 Å². The first-order valence-corrected chi connectivity index (χ1v) is 7.24. The van der Waals surface area contributed by atoms with Crippen LogP contribution in [0.1, 0.15) is 11.1 Å². The number of nitriles is 1. The van der Waals surface area contributed by atoms with Gasteiger partial charge in [0.1, 0.15) is 5.82 Å². The Hall–Kier alpha value is -2.23. The van der Waals surface area contributed by atoms with Crippen LogP contribution < -0.4 is 4.72 Å². The number of nitrogens with one attached hydrogen (secondary N) is 1. The molecular formula is C14H11FN2O2S. The molecule has 4 nitrogen and oxygen atoms in total. The highest BCUT2D eigenvalue weighted by Crippen LogP contribution is 2.11. The highest BCUT2D eigenvalue weighted by molar-refractivity contribution is 7.89. The van der Waals surface area contributed by atoms with Crippen molar-refractivity contribution in [2.45, 2.75) is 11.4 Å². The van der Waals surface area contributed by atoms with Gasteiger partial charge in [-0.2, -0.15) is 5.26 Å². The molecule has 1 N–H and O–H groups in total. The number of nitrogens with zero attached hydrogens (tertiary/aromatic N) is 1. The second-order valence-electron chi connectivity index (χ2n) is 4.09. The third-order valence-corrected chi connectivity index (χ3v) is 4.09. The van der Waals surface area contributed by atoms with Gasteiger partial charge in [0.25, 0.3) is 0 Å². The lowest BCUT2D eigenvalue weighted by atomic mass is 10.1. The van der Waals surface area contributed by atoms with Gasteiger partial charge in [0.05, 0.1) is 16.5 Å². The number of hydrogen-bond acceptors (Lipinski definition) is 3. The monoisotopic (exact) mass is 290 g/mol. The van der Waals surface area contributed by atoms with E-state index in [4.69, 9.17) is 5.26 Å². The Kier molecular flexibility index (Phi) is 4.13. The molecule has 0 atom stereocenters. The molecule has 0 aromatic heterocycles. The highest BCUT2D eigenvalue weighted by atomic mass is 32.2. The molecule has 0 aliphatic rings. The van der Waals surface area contributed by atoms with Crippen molar-refractivity contribution >= 4 is 10.0 Å². The average Bonchev–Trinajstić information content (AvgIpc) is 2.46. The summed E-state index contributed by atoms with van der Waals surface area (Å²) in [5.41, 5.74) is 1.24. The second kappa shape index (κ2) is 5.82. The largest absolute Gasteiger partial charge is 0.240 e. The molecule has 0 heterocycles. The molecule has 2 aromatic rings. The van der Waals surface area contributed by atoms with Crippen molar-refractivity contribution < 1.29 is 12.8 Å². The zero-order valence-corrected chi connectivity index (χ0v) is 11.2. The summed E-state index contributed by atoms with van der Waals surface area (Å²) in [5.74, 6) is -0.490. The summed E-state index contributed by atoms with van der Waals surface area (Å²) < 4.78 is 39.1. The fraction of sp³-hybridized carbons (Fsp3) is 0.0714. The van der Waals surface area contributed by atoms with E-state index in [-0.39, 0.29) is 11.4 Å². The number of halogens is 1. The molecule has 0 fully saturated rings. The molecular weight excluding hydrogens is 279 g/mol. The lowest BCUT2D eigenvalue weighted by Gasteiger charge is -2.07. The summed E-state index contributed by atoms with van der Waals surface area (Å²) in [5, 5.41) is 8.67. The lowest BCUT2D eigenvalue weighted by molar-refractivity contribution is 0.580. The van der Waals surface area contributed by atoms with Gasteiger partial charge in [-0.3, -0.25) is 0 Å². The van der Waals surface area contributed by atoms with Gasteiger partial charge in [0.15, 0.2) is 0 Å². The minimum absolute atomic E-state index is 0.00699. The Morgan fingerprint density at radius 1 is 1.05 bits per heavy atom. The molecule has 0 aliphatic heterocycles. The van der Waals surface area contributed by atoms with Crippen LogP contribution in [0.3, 0.4) is 0 Å². The molecule has 0 amide bonds. The molecule has 0 bridgehead atoms. The van der Waals surface area contributed by atoms with Crippen LogP contribution in [0, 0.1) is 17.1 Å². The minimum Gasteiger partial charge on any atom is -0.207 e. The van der Waals surface area contributed by atoms with Crippen molar-refractivity contribution in [1.82, 2.24) is 4.72 Å². The topological polar surface area (TPSA) is 70.0 Å². The number of benzene rings is 2. The van der Waals surface area contributed by atoms with Gasteiger partial charge in [-0.15, -0.1) is 0 Å². The molecule has 0 saturated carbocycles. The van der Waals surface area contributed by atoms with E-state index >= 15 is 0 Å². The van der Waals surface area contributed by atoms with E-state index in [2.05, 4.69) is 4.72 Å². The van der Waals surface area contributed by atoms with Crippen LogP contribution in [0.5, 0.6) is 0 Å². The normalized spacial score (nSPS) is 11.0. The van der Waals surface area contributed by atoms with Gasteiger partial charge >= 0.3 is 0 Å². The zero-order valence-electron chi connectivity index (χ0n) is 10.4. The Morgan fingerprint density at radius 3 is 2.20 bits per heavy atom. The highest BCUT2D eigenvalue weighted by Gasteiger charge is 2.13. The Morgan fingerprint density at radius 2 is 1.65 bits per heavy atom. The van der Waals surface area contributed by atoms with Crippen molar-refractivity contribution in [2.75, 3.05) is 0 Å². The van der Waals surface area contributed by atoms with Crippen molar-refractivity contribution in [1.29, 1.82) is 5.26 Å². The Labute approximate surface area is 116 Å². The molecule has 0 spiro atoms. The molecule has 2 aromatic carbocycles. The molecule has 6 heteroatoms. The van der Waals surface area contributed by atoms with Gasteiger partial charge < -0.3 is 0 Å². The van der Waals surface area contributed by atoms with Gasteiger partial charge in [-0.1, -0.05) is 12.1 Å². The second-order valence-corrected chi connectivity index (χ2v) is 5.85. The summed E-state index contributed by atoms with van der Waals surface area (Å²) in [6.45, 7) is 0.103. The van der Waals surface area contributed by atoms with E-state index in [0.717, 1.165) is 17.7 Å². The third-order valence-electron chi connectivity index (χ3n) is 2.67. The van der Waals surface area contributed by atoms with Gasteiger partial charge in [-0.25, -0.2) is 17.5 Å². The molecule has 0 unspecified atom stereocenters. The van der Waals surface area contributed by atoms with E-state index < -0.39 is 15.8 Å². The fourth-order valence-electron chi connectivity index (χ4n) is 1.57. The van der Waals surface area contributed by atoms with Crippen LogP contribution in [0.4, 0.5) is 4.39 Å². The maximum atomic E-state index is 12.8. The lowest BCUT2D eigenvalue weighted by Crippen LogP contribution is -2.23. The molecule has 0 saturated heterocycles. The molecule has 0 radical (unpaired) electrons. The zero-order chi connectivity index (χ0) is 14.6. The van der Waals surface area contributed by atoms with Crippen LogP contribution in [0.15, 0.2) is 53.4 Å². The standard InChI is InChI=1S/C14H11FN2O2S/c15-13-5-7-14(8-6-13)20(18,19)17-10-12-3-1-11(9-16)2-4-12/h1-8,17H,10H2. The maximum Gasteiger partial charge on any atom is 0.240 e. The van der Waals surface area contributed by atoms with Crippen LogP contribution >= 0.6 is 0 Å². The predicted octanol–water partition coefficient (Wildman–Crippen LogP) is 2.18. The van der Waals surface area contributed by atoms with Crippen LogP contribution in [0.2, 0.25) is 0 Å². The average molecular weight is 290 g/mol. The van der Waals surface area contributed by atoms with E-state index in [1.165, 1.54) is 12.1 Å². The fourth-order valence-corrected chi connectivity index (χ4v) is 2.59. The number of sulfonamides is 1. The van der Waals surface area contributed by atoms with Gasteiger partial charge in [0, 0.05) is 6.54 Å². The first kappa shape index (κ1) is 14.2. The quantitative estimate of drug-likeness (QED) is 0.938. The maximum absolute atomic E-state index is 12.8. The van der Waals surface area contributed by atoms with E-state index in [9.17, 15) is 12.8 Å². The third kappa shape index (κ3) is 3.41. The van der Waals surface area contributed by atoms with E-state index in [0.29, 0.717) is 5.56 Å². The number of rotatable bonds is 4. The summed E-state index contributed by atoms with van der Waals surface area (Å²) in [7, 11) is -3.67. The number of hydrogen-bond donors (Lipinski definition) is 1. The van der Waals surface area contributed by atoms with Crippen molar-refractivity contribution in [3.8, 4) is 6.07 Å². The van der Waals surface area contributed by atoms with Gasteiger partial charge in [-0.05, 0) is 42.0 Å². The first-order chi connectivity index (χ1) is 9.51. The summed E-state index contributed by atoms with van der Waals surface area (Å²) >= 11 is 0. The molecule has 102 valence electrons. The van der Waals surface area contributed by atoms with Crippen LogP contribution in [-0.4, -0.2) is 8.42 Å². The predicted molar refractivity (Wildman–Crippen MR) is 71.6 cm³/mol. The molecule has 20 heavy (non-hydrogen) atoms. The smallest absolute Gasteiger partial charge is 0.207 e. The first-order valence-electron chi connectivity index (χ1n) is 5.75. The molecule has 2 rings (SSSR count). The van der Waals surface area contributed by atoms with Crippen molar-refractivity contribution in [3.63, 3.8) is 0 Å². The van der Waals surface area contributed by atoms with Crippen molar-refractivity contribution in [3.05, 3.63) is 65.5 Å². The van der Waals surface area contributed by atoms with E-state index in [1.807, 2.05) is 6.07 Å². The summed E-state index contributed by atoms with van der Waals surface area (Å²) in [4.78, 5) is 0.00699. The summed E-state index contributed by atoms with van der Waals surface area (Å²) in [6.07, 6.45) is 0. The van der Waals surface area contributed by atoms with Gasteiger partial charge in [0.2, 0.25) is 10.0 Å². The van der Waals surface area contributed by atoms with Crippen molar-refractivity contribution in [2.24, 2.45) is 0 Å². The summed E-state index contributed by atoms with van der Waals surface area (Å²) in [6, 6.07) is 13.2. The minimum atomic E-state index is -3.67. The molecule has 0 aliphatic carbocycles. The van der Waals surface area contributed by atoms with Crippen LogP contribution in [-0.2, 0) is 16.6 Å².